The fourth-order valence-electron chi connectivity index (χ4n) is 3.42. The minimum atomic E-state index is -1.59. The predicted octanol–water partition coefficient (Wildman–Crippen LogP) is 3.31. The fraction of sp³-hybridized carbons (Fsp3) is 0.136. The van der Waals surface area contributed by atoms with Crippen LogP contribution in [0.2, 0.25) is 0 Å². The SMILES string of the molecule is COc1cccc(C=C2CCc3c2oc2cc(NC(=O)C(=O)O)ccc2c3=O)c1. The topological polar surface area (TPSA) is 106 Å². The maximum absolute atomic E-state index is 12.9. The molecule has 0 fully saturated rings. The van der Waals surface area contributed by atoms with Crippen molar-refractivity contribution in [1.29, 1.82) is 0 Å². The molecule has 29 heavy (non-hydrogen) atoms. The van der Waals surface area contributed by atoms with E-state index >= 15 is 0 Å². The first-order valence-corrected chi connectivity index (χ1v) is 8.95. The number of aliphatic carboxylic acids is 1. The Hall–Kier alpha value is -3.87. The number of methoxy groups -OCH3 is 1. The van der Waals surface area contributed by atoms with Crippen molar-refractivity contribution in [3.05, 3.63) is 69.6 Å². The van der Waals surface area contributed by atoms with E-state index in [9.17, 15) is 14.4 Å². The van der Waals surface area contributed by atoms with Crippen molar-refractivity contribution in [1.82, 2.24) is 0 Å². The third kappa shape index (κ3) is 3.50. The molecular formula is C22H17NO6. The fourth-order valence-corrected chi connectivity index (χ4v) is 3.42. The molecule has 0 bridgehead atoms. The van der Waals surface area contributed by atoms with Gasteiger partial charge in [0.25, 0.3) is 0 Å². The van der Waals surface area contributed by atoms with Crippen LogP contribution < -0.4 is 15.5 Å². The molecule has 2 N–H and O–H groups in total. The van der Waals surface area contributed by atoms with Gasteiger partial charge in [-0.15, -0.1) is 0 Å². The summed E-state index contributed by atoms with van der Waals surface area (Å²) in [4.78, 5) is 35.0. The van der Waals surface area contributed by atoms with E-state index in [0.717, 1.165) is 16.9 Å². The summed E-state index contributed by atoms with van der Waals surface area (Å²) in [6, 6.07) is 12.0. The lowest BCUT2D eigenvalue weighted by molar-refractivity contribution is -0.147. The van der Waals surface area contributed by atoms with E-state index in [0.29, 0.717) is 29.6 Å². The molecule has 0 atom stereocenters. The number of carboxylic acids is 1. The number of allylic oxidation sites excluding steroid dienone is 1. The summed E-state index contributed by atoms with van der Waals surface area (Å²) >= 11 is 0. The molecule has 7 nitrogen and oxygen atoms in total. The minimum absolute atomic E-state index is 0.119. The highest BCUT2D eigenvalue weighted by atomic mass is 16.5. The number of hydrogen-bond donors (Lipinski definition) is 2. The average Bonchev–Trinajstić information content (AvgIpc) is 3.11. The lowest BCUT2D eigenvalue weighted by atomic mass is 10.1. The number of carbonyl (C=O) groups excluding carboxylic acids is 1. The average molecular weight is 391 g/mol. The van der Waals surface area contributed by atoms with Crippen molar-refractivity contribution in [2.24, 2.45) is 0 Å². The largest absolute Gasteiger partial charge is 0.497 e. The summed E-state index contributed by atoms with van der Waals surface area (Å²) in [5.41, 5.74) is 2.85. The van der Waals surface area contributed by atoms with Gasteiger partial charge in [-0.25, -0.2) is 4.79 Å². The number of benzene rings is 2. The van der Waals surface area contributed by atoms with Crippen molar-refractivity contribution in [3.8, 4) is 5.75 Å². The van der Waals surface area contributed by atoms with Gasteiger partial charge in [0.2, 0.25) is 0 Å². The Morgan fingerprint density at radius 2 is 2.00 bits per heavy atom. The lowest BCUT2D eigenvalue weighted by Crippen LogP contribution is -2.21. The van der Waals surface area contributed by atoms with Crippen molar-refractivity contribution in [2.75, 3.05) is 12.4 Å². The summed E-state index contributed by atoms with van der Waals surface area (Å²) in [7, 11) is 1.60. The van der Waals surface area contributed by atoms with Gasteiger partial charge in [-0.05, 0) is 54.3 Å². The molecule has 1 aliphatic carbocycles. The second-order valence-corrected chi connectivity index (χ2v) is 6.66. The van der Waals surface area contributed by atoms with Crippen molar-refractivity contribution < 1.29 is 23.8 Å². The molecule has 146 valence electrons. The molecule has 7 heteroatoms. The number of carbonyl (C=O) groups is 2. The van der Waals surface area contributed by atoms with Crippen LogP contribution in [0, 0.1) is 0 Å². The Labute approximate surface area is 165 Å². The number of amides is 1. The third-order valence-corrected chi connectivity index (χ3v) is 4.81. The highest BCUT2D eigenvalue weighted by molar-refractivity contribution is 6.36. The van der Waals surface area contributed by atoms with E-state index in [-0.39, 0.29) is 16.7 Å². The van der Waals surface area contributed by atoms with E-state index < -0.39 is 11.9 Å². The van der Waals surface area contributed by atoms with Gasteiger partial charge in [-0.2, -0.15) is 0 Å². The lowest BCUT2D eigenvalue weighted by Gasteiger charge is -2.07. The monoisotopic (exact) mass is 391 g/mol. The normalized spacial score (nSPS) is 14.0. The van der Waals surface area contributed by atoms with Gasteiger partial charge in [0, 0.05) is 17.3 Å². The van der Waals surface area contributed by atoms with E-state index in [1.54, 1.807) is 7.11 Å². The van der Waals surface area contributed by atoms with Crippen molar-refractivity contribution >= 4 is 40.2 Å². The molecule has 1 heterocycles. The molecule has 0 unspecified atom stereocenters. The molecule has 1 aromatic heterocycles. The number of ether oxygens (including phenoxy) is 1. The Balaban J connectivity index is 1.78. The van der Waals surface area contributed by atoms with Crippen LogP contribution in [0.15, 0.2) is 51.7 Å². The standard InChI is InChI=1S/C22H17NO6/c1-28-15-4-2-3-12(10-15)9-13-5-7-17-19(24)16-8-6-14(23-21(25)22(26)27)11-18(16)29-20(13)17/h2-4,6,8-11H,5,7H2,1H3,(H,23,25)(H,26,27). The van der Waals surface area contributed by atoms with Gasteiger partial charge >= 0.3 is 11.9 Å². The number of nitrogens with one attached hydrogen (secondary N) is 1. The molecule has 0 radical (unpaired) electrons. The van der Waals surface area contributed by atoms with Gasteiger partial charge in [0.05, 0.1) is 12.5 Å². The summed E-state index contributed by atoms with van der Waals surface area (Å²) in [5, 5.41) is 11.4. The van der Waals surface area contributed by atoms with E-state index in [1.165, 1.54) is 18.2 Å². The quantitative estimate of drug-likeness (QED) is 0.664. The van der Waals surface area contributed by atoms with Gasteiger partial charge in [0.1, 0.15) is 17.1 Å². The molecule has 1 aliphatic rings. The first kappa shape index (κ1) is 18.5. The predicted molar refractivity (Wildman–Crippen MR) is 108 cm³/mol. The van der Waals surface area contributed by atoms with E-state index in [4.69, 9.17) is 14.3 Å². The zero-order chi connectivity index (χ0) is 20.5. The first-order valence-electron chi connectivity index (χ1n) is 8.95. The zero-order valence-electron chi connectivity index (χ0n) is 15.5. The molecule has 0 saturated heterocycles. The van der Waals surface area contributed by atoms with E-state index in [2.05, 4.69) is 5.32 Å². The van der Waals surface area contributed by atoms with Gasteiger partial charge in [-0.1, -0.05) is 12.1 Å². The summed E-state index contributed by atoms with van der Waals surface area (Å²) < 4.78 is 11.3. The molecular weight excluding hydrogens is 374 g/mol. The molecule has 2 aromatic carbocycles. The smallest absolute Gasteiger partial charge is 0.394 e. The van der Waals surface area contributed by atoms with Crippen LogP contribution in [0.1, 0.15) is 23.3 Å². The summed E-state index contributed by atoms with van der Waals surface area (Å²) in [6.45, 7) is 0. The Morgan fingerprint density at radius 1 is 1.17 bits per heavy atom. The van der Waals surface area contributed by atoms with Gasteiger partial charge in [-0.3, -0.25) is 9.59 Å². The van der Waals surface area contributed by atoms with Crippen LogP contribution in [0.4, 0.5) is 5.69 Å². The number of anilines is 1. The zero-order valence-corrected chi connectivity index (χ0v) is 15.5. The van der Waals surface area contributed by atoms with Crippen LogP contribution in [-0.4, -0.2) is 24.1 Å². The minimum Gasteiger partial charge on any atom is -0.497 e. The second kappa shape index (κ2) is 7.27. The molecule has 3 aromatic rings. The number of fused-ring (bicyclic) bond motifs is 2. The van der Waals surface area contributed by atoms with Gasteiger partial charge < -0.3 is 19.6 Å². The molecule has 0 aliphatic heterocycles. The highest BCUT2D eigenvalue weighted by Gasteiger charge is 2.24. The van der Waals surface area contributed by atoms with Crippen LogP contribution in [0.5, 0.6) is 5.75 Å². The van der Waals surface area contributed by atoms with Crippen LogP contribution >= 0.6 is 0 Å². The number of rotatable bonds is 3. The molecule has 4 rings (SSSR count). The van der Waals surface area contributed by atoms with Crippen LogP contribution in [0.25, 0.3) is 22.6 Å². The summed E-state index contributed by atoms with van der Waals surface area (Å²) in [5.74, 6) is -1.50. The molecule has 0 spiro atoms. The Bertz CT molecular complexity index is 1240. The van der Waals surface area contributed by atoms with Crippen molar-refractivity contribution in [2.45, 2.75) is 12.8 Å². The van der Waals surface area contributed by atoms with Gasteiger partial charge in [0.15, 0.2) is 5.43 Å². The maximum Gasteiger partial charge on any atom is 0.394 e. The highest BCUT2D eigenvalue weighted by Crippen LogP contribution is 2.35. The molecule has 0 saturated carbocycles. The second-order valence-electron chi connectivity index (χ2n) is 6.66. The van der Waals surface area contributed by atoms with Crippen LogP contribution in [-0.2, 0) is 16.0 Å². The van der Waals surface area contributed by atoms with E-state index in [1.807, 2.05) is 30.3 Å². The Kier molecular flexibility index (Phi) is 4.64. The first-order chi connectivity index (χ1) is 14.0. The van der Waals surface area contributed by atoms with Crippen LogP contribution in [0.3, 0.4) is 0 Å². The third-order valence-electron chi connectivity index (χ3n) is 4.81. The number of hydrogen-bond acceptors (Lipinski definition) is 5. The number of carboxylic acid groups (broad SMARTS) is 1. The summed E-state index contributed by atoms with van der Waals surface area (Å²) in [6.07, 6.45) is 3.21. The van der Waals surface area contributed by atoms with Crippen molar-refractivity contribution in [3.63, 3.8) is 0 Å². The maximum atomic E-state index is 12.9. The Morgan fingerprint density at radius 3 is 2.76 bits per heavy atom. The molecule has 1 amide bonds.